The molecule has 1 amide bonds. The summed E-state index contributed by atoms with van der Waals surface area (Å²) in [6, 6.07) is 11.3. The first-order valence-electron chi connectivity index (χ1n) is 6.70. The topological polar surface area (TPSA) is 53.2 Å². The third kappa shape index (κ3) is 2.13. The van der Waals surface area contributed by atoms with Gasteiger partial charge in [-0.05, 0) is 30.0 Å². The van der Waals surface area contributed by atoms with E-state index in [0.29, 0.717) is 5.56 Å². The Hall–Kier alpha value is -2.36. The van der Waals surface area contributed by atoms with Gasteiger partial charge in [-0.2, -0.15) is 0 Å². The molecule has 102 valence electrons. The third-order valence-electron chi connectivity index (χ3n) is 3.92. The number of carbonyl (C=O) groups is 1. The largest absolute Gasteiger partial charge is 0.335 e. The average Bonchev–Trinajstić information content (AvgIpc) is 2.90. The lowest BCUT2D eigenvalue weighted by Gasteiger charge is -2.25. The summed E-state index contributed by atoms with van der Waals surface area (Å²) < 4.78 is 0. The van der Waals surface area contributed by atoms with Gasteiger partial charge in [-0.3, -0.25) is 9.59 Å². The van der Waals surface area contributed by atoms with Crippen molar-refractivity contribution in [3.63, 3.8) is 0 Å². The lowest BCUT2D eigenvalue weighted by molar-refractivity contribution is 0.0730. The summed E-state index contributed by atoms with van der Waals surface area (Å²) in [5.74, 6) is -0.0667. The number of hydrogen-bond acceptors (Lipinski definition) is 2. The molecule has 0 radical (unpaired) electrons. The van der Waals surface area contributed by atoms with E-state index in [2.05, 4.69) is 17.1 Å². The average molecular weight is 268 g/mol. The Bertz CT molecular complexity index is 685. The van der Waals surface area contributed by atoms with Crippen molar-refractivity contribution in [2.24, 2.45) is 0 Å². The highest BCUT2D eigenvalue weighted by Gasteiger charge is 2.28. The standard InChI is InChI=1S/C16H16N2O2/c1-18(16(20)12-7-9-15(19)17-10-12)14-8-6-11-4-2-3-5-13(11)14/h2-5,7,9-10,14H,6,8H2,1H3,(H,17,19). The number of rotatable bonds is 2. The molecule has 20 heavy (non-hydrogen) atoms. The summed E-state index contributed by atoms with van der Waals surface area (Å²) in [4.78, 5) is 27.8. The predicted octanol–water partition coefficient (Wildman–Crippen LogP) is 2.13. The van der Waals surface area contributed by atoms with E-state index in [9.17, 15) is 9.59 Å². The van der Waals surface area contributed by atoms with Gasteiger partial charge in [0.05, 0.1) is 11.6 Å². The molecule has 3 rings (SSSR count). The zero-order chi connectivity index (χ0) is 14.1. The molecule has 0 aliphatic heterocycles. The van der Waals surface area contributed by atoms with Crippen molar-refractivity contribution in [3.8, 4) is 0 Å². The molecule has 4 heteroatoms. The number of aryl methyl sites for hydroxylation is 1. The van der Waals surface area contributed by atoms with E-state index in [-0.39, 0.29) is 17.5 Å². The van der Waals surface area contributed by atoms with Gasteiger partial charge in [-0.1, -0.05) is 24.3 Å². The first kappa shape index (κ1) is 12.7. The van der Waals surface area contributed by atoms with Crippen LogP contribution in [0, 0.1) is 0 Å². The van der Waals surface area contributed by atoms with E-state index in [1.165, 1.54) is 23.4 Å². The summed E-state index contributed by atoms with van der Waals surface area (Å²) in [6.45, 7) is 0. The molecule has 1 aromatic heterocycles. The van der Waals surface area contributed by atoms with Crippen LogP contribution in [0.15, 0.2) is 47.4 Å². The van der Waals surface area contributed by atoms with E-state index in [1.54, 1.807) is 11.0 Å². The first-order valence-corrected chi connectivity index (χ1v) is 6.70. The summed E-state index contributed by atoms with van der Waals surface area (Å²) in [5, 5.41) is 0. The number of hydrogen-bond donors (Lipinski definition) is 1. The van der Waals surface area contributed by atoms with Crippen LogP contribution < -0.4 is 5.56 Å². The van der Waals surface area contributed by atoms with E-state index in [0.717, 1.165) is 12.8 Å². The monoisotopic (exact) mass is 268 g/mol. The molecule has 0 fully saturated rings. The number of aromatic amines is 1. The highest BCUT2D eigenvalue weighted by Crippen LogP contribution is 2.35. The minimum Gasteiger partial charge on any atom is -0.335 e. The van der Waals surface area contributed by atoms with Gasteiger partial charge in [0.2, 0.25) is 5.56 Å². The summed E-state index contributed by atoms with van der Waals surface area (Å²) >= 11 is 0. The maximum Gasteiger partial charge on any atom is 0.255 e. The number of nitrogens with one attached hydrogen (secondary N) is 1. The maximum absolute atomic E-state index is 12.5. The first-order chi connectivity index (χ1) is 9.66. The zero-order valence-corrected chi connectivity index (χ0v) is 11.3. The van der Waals surface area contributed by atoms with Gasteiger partial charge in [0.1, 0.15) is 0 Å². The number of benzene rings is 1. The van der Waals surface area contributed by atoms with Gasteiger partial charge in [-0.25, -0.2) is 0 Å². The fraction of sp³-hybridized carbons (Fsp3) is 0.250. The van der Waals surface area contributed by atoms with Crippen LogP contribution in [0.4, 0.5) is 0 Å². The van der Waals surface area contributed by atoms with Crippen molar-refractivity contribution in [2.75, 3.05) is 7.05 Å². The molecule has 0 saturated heterocycles. The van der Waals surface area contributed by atoms with E-state index < -0.39 is 0 Å². The molecule has 1 aliphatic carbocycles. The SMILES string of the molecule is CN(C(=O)c1ccc(=O)[nH]c1)C1CCc2ccccc21. The second-order valence-corrected chi connectivity index (χ2v) is 5.11. The Morgan fingerprint density at radius 2 is 2.05 bits per heavy atom. The van der Waals surface area contributed by atoms with Gasteiger partial charge in [0, 0.05) is 19.3 Å². The van der Waals surface area contributed by atoms with Crippen LogP contribution >= 0.6 is 0 Å². The van der Waals surface area contributed by atoms with Gasteiger partial charge >= 0.3 is 0 Å². The second-order valence-electron chi connectivity index (χ2n) is 5.11. The Kier molecular flexibility index (Phi) is 3.14. The molecule has 2 aromatic rings. The number of nitrogens with zero attached hydrogens (tertiary/aromatic N) is 1. The van der Waals surface area contributed by atoms with Crippen LogP contribution in [0.25, 0.3) is 0 Å². The Morgan fingerprint density at radius 3 is 2.80 bits per heavy atom. The Morgan fingerprint density at radius 1 is 1.25 bits per heavy atom. The number of H-pyrrole nitrogens is 1. The van der Waals surface area contributed by atoms with Crippen LogP contribution in [-0.4, -0.2) is 22.8 Å². The molecular weight excluding hydrogens is 252 g/mol. The zero-order valence-electron chi connectivity index (χ0n) is 11.3. The molecule has 1 aliphatic rings. The van der Waals surface area contributed by atoms with Crippen molar-refractivity contribution in [3.05, 3.63) is 69.6 Å². The third-order valence-corrected chi connectivity index (χ3v) is 3.92. The molecule has 4 nitrogen and oxygen atoms in total. The van der Waals surface area contributed by atoms with Gasteiger partial charge < -0.3 is 9.88 Å². The Balaban J connectivity index is 1.86. The fourth-order valence-electron chi connectivity index (χ4n) is 2.83. The molecule has 1 N–H and O–H groups in total. The quantitative estimate of drug-likeness (QED) is 0.907. The second kappa shape index (κ2) is 4.96. The summed E-state index contributed by atoms with van der Waals surface area (Å²) in [5.41, 5.74) is 2.86. The number of carbonyl (C=O) groups excluding carboxylic acids is 1. The van der Waals surface area contributed by atoms with Crippen molar-refractivity contribution >= 4 is 5.91 Å². The minimum atomic E-state index is -0.199. The van der Waals surface area contributed by atoms with Crippen molar-refractivity contribution < 1.29 is 4.79 Å². The molecule has 0 spiro atoms. The molecule has 0 saturated carbocycles. The molecule has 1 heterocycles. The highest BCUT2D eigenvalue weighted by atomic mass is 16.2. The predicted molar refractivity (Wildman–Crippen MR) is 76.7 cm³/mol. The van der Waals surface area contributed by atoms with Crippen LogP contribution in [-0.2, 0) is 6.42 Å². The van der Waals surface area contributed by atoms with Crippen molar-refractivity contribution in [1.82, 2.24) is 9.88 Å². The number of aromatic nitrogens is 1. The van der Waals surface area contributed by atoms with E-state index >= 15 is 0 Å². The van der Waals surface area contributed by atoms with Crippen LogP contribution in [0.1, 0.15) is 33.9 Å². The molecule has 0 bridgehead atoms. The summed E-state index contributed by atoms with van der Waals surface area (Å²) in [7, 11) is 1.82. The molecule has 1 unspecified atom stereocenters. The lowest BCUT2D eigenvalue weighted by atomic mass is 10.1. The normalized spacial score (nSPS) is 16.8. The molecular formula is C16H16N2O2. The van der Waals surface area contributed by atoms with Gasteiger partial charge in [-0.15, -0.1) is 0 Å². The number of pyridine rings is 1. The Labute approximate surface area is 117 Å². The smallest absolute Gasteiger partial charge is 0.255 e. The maximum atomic E-state index is 12.5. The van der Waals surface area contributed by atoms with Crippen molar-refractivity contribution in [1.29, 1.82) is 0 Å². The minimum absolute atomic E-state index is 0.0667. The van der Waals surface area contributed by atoms with Crippen LogP contribution in [0.2, 0.25) is 0 Å². The number of fused-ring (bicyclic) bond motifs is 1. The fourth-order valence-corrected chi connectivity index (χ4v) is 2.83. The highest BCUT2D eigenvalue weighted by molar-refractivity contribution is 5.94. The van der Waals surface area contributed by atoms with E-state index in [4.69, 9.17) is 0 Å². The van der Waals surface area contributed by atoms with Crippen molar-refractivity contribution in [2.45, 2.75) is 18.9 Å². The molecule has 1 aromatic carbocycles. The lowest BCUT2D eigenvalue weighted by Crippen LogP contribution is -2.30. The molecule has 1 atom stereocenters. The number of amides is 1. The summed E-state index contributed by atoms with van der Waals surface area (Å²) in [6.07, 6.45) is 3.43. The van der Waals surface area contributed by atoms with Gasteiger partial charge in [0.25, 0.3) is 5.91 Å². The van der Waals surface area contributed by atoms with E-state index in [1.807, 2.05) is 19.2 Å². The van der Waals surface area contributed by atoms with Gasteiger partial charge in [0.15, 0.2) is 0 Å². The van der Waals surface area contributed by atoms with Crippen LogP contribution in [0.5, 0.6) is 0 Å². The van der Waals surface area contributed by atoms with Crippen LogP contribution in [0.3, 0.4) is 0 Å².